The Bertz CT molecular complexity index is 688. The van der Waals surface area contributed by atoms with E-state index in [9.17, 15) is 13.2 Å². The first kappa shape index (κ1) is 20.2. The SMILES string of the molecule is Cc1ccc(S(=O)(=O)N2CCCC(C(=O)N3CCNCC3)C2)cc1.Cl. The standard InChI is InChI=1S/C17H25N3O3S.ClH/c1-14-4-6-16(7-5-14)24(22,23)20-10-2-3-15(13-20)17(21)19-11-8-18-9-12-19;/h4-7,15,18H,2-3,8-13H2,1H3;1H. The van der Waals surface area contributed by atoms with Crippen molar-refractivity contribution in [3.63, 3.8) is 0 Å². The van der Waals surface area contributed by atoms with Crippen LogP contribution in [-0.2, 0) is 14.8 Å². The Kier molecular flexibility index (Phi) is 6.85. The van der Waals surface area contributed by atoms with Gasteiger partial charge >= 0.3 is 0 Å². The number of nitrogens with one attached hydrogen (secondary N) is 1. The molecule has 1 atom stereocenters. The lowest BCUT2D eigenvalue weighted by atomic mass is 9.98. The topological polar surface area (TPSA) is 69.7 Å². The first-order valence-corrected chi connectivity index (χ1v) is 9.99. The molecule has 0 bridgehead atoms. The molecule has 2 heterocycles. The number of piperazine rings is 1. The van der Waals surface area contributed by atoms with Gasteiger partial charge in [0.1, 0.15) is 0 Å². The molecule has 0 spiro atoms. The summed E-state index contributed by atoms with van der Waals surface area (Å²) in [4.78, 5) is 14.9. The van der Waals surface area contributed by atoms with Crippen molar-refractivity contribution in [2.75, 3.05) is 39.3 Å². The summed E-state index contributed by atoms with van der Waals surface area (Å²) in [6.07, 6.45) is 1.50. The second-order valence-corrected chi connectivity index (χ2v) is 8.53. The van der Waals surface area contributed by atoms with Crippen LogP contribution in [0.25, 0.3) is 0 Å². The van der Waals surface area contributed by atoms with Gasteiger partial charge in [0.2, 0.25) is 15.9 Å². The van der Waals surface area contributed by atoms with Crippen molar-refractivity contribution in [3.05, 3.63) is 29.8 Å². The molecule has 8 heteroatoms. The van der Waals surface area contributed by atoms with Gasteiger partial charge in [-0.3, -0.25) is 4.79 Å². The van der Waals surface area contributed by atoms with Crippen LogP contribution in [0.2, 0.25) is 0 Å². The van der Waals surface area contributed by atoms with Gasteiger partial charge in [-0.15, -0.1) is 12.4 Å². The van der Waals surface area contributed by atoms with E-state index in [0.29, 0.717) is 31.1 Å². The molecule has 25 heavy (non-hydrogen) atoms. The zero-order valence-electron chi connectivity index (χ0n) is 14.5. The molecule has 0 aliphatic carbocycles. The van der Waals surface area contributed by atoms with Crippen LogP contribution in [0.1, 0.15) is 18.4 Å². The largest absolute Gasteiger partial charge is 0.340 e. The van der Waals surface area contributed by atoms with Gasteiger partial charge in [0, 0.05) is 39.3 Å². The molecule has 2 aliphatic rings. The van der Waals surface area contributed by atoms with E-state index in [-0.39, 0.29) is 24.2 Å². The van der Waals surface area contributed by atoms with Crippen LogP contribution < -0.4 is 5.32 Å². The minimum atomic E-state index is -3.53. The number of rotatable bonds is 3. The number of nitrogens with zero attached hydrogens (tertiary/aromatic N) is 2. The Morgan fingerprint density at radius 3 is 2.40 bits per heavy atom. The molecule has 0 radical (unpaired) electrons. The normalized spacial score (nSPS) is 22.3. The van der Waals surface area contributed by atoms with Gasteiger partial charge in [-0.05, 0) is 31.9 Å². The van der Waals surface area contributed by atoms with Crippen molar-refractivity contribution >= 4 is 28.3 Å². The summed E-state index contributed by atoms with van der Waals surface area (Å²) >= 11 is 0. The zero-order valence-corrected chi connectivity index (χ0v) is 16.1. The van der Waals surface area contributed by atoms with Crippen LogP contribution in [0, 0.1) is 12.8 Å². The van der Waals surface area contributed by atoms with Crippen LogP contribution >= 0.6 is 12.4 Å². The van der Waals surface area contributed by atoms with Crippen LogP contribution in [0.15, 0.2) is 29.2 Å². The van der Waals surface area contributed by atoms with E-state index in [1.165, 1.54) is 4.31 Å². The average Bonchev–Trinajstić information content (AvgIpc) is 2.62. The number of carbonyl (C=O) groups excluding carboxylic acids is 1. The molecule has 1 aromatic carbocycles. The first-order valence-electron chi connectivity index (χ1n) is 8.55. The van der Waals surface area contributed by atoms with Crippen molar-refractivity contribution in [2.24, 2.45) is 5.92 Å². The fourth-order valence-corrected chi connectivity index (χ4v) is 4.89. The summed E-state index contributed by atoms with van der Waals surface area (Å²) in [6, 6.07) is 6.90. The number of carbonyl (C=O) groups is 1. The number of aryl methyl sites for hydroxylation is 1. The highest BCUT2D eigenvalue weighted by Crippen LogP contribution is 2.25. The van der Waals surface area contributed by atoms with Crippen molar-refractivity contribution in [1.82, 2.24) is 14.5 Å². The summed E-state index contributed by atoms with van der Waals surface area (Å²) in [7, 11) is -3.53. The molecule has 2 saturated heterocycles. The summed E-state index contributed by atoms with van der Waals surface area (Å²) < 4.78 is 27.1. The zero-order chi connectivity index (χ0) is 17.2. The predicted molar refractivity (Wildman–Crippen MR) is 99.4 cm³/mol. The molecule has 1 amide bonds. The third kappa shape index (κ3) is 4.53. The predicted octanol–water partition coefficient (Wildman–Crippen LogP) is 1.25. The van der Waals surface area contributed by atoms with Gasteiger partial charge in [-0.25, -0.2) is 8.42 Å². The minimum Gasteiger partial charge on any atom is -0.340 e. The second kappa shape index (κ2) is 8.49. The molecule has 1 unspecified atom stereocenters. The lowest BCUT2D eigenvalue weighted by molar-refractivity contribution is -0.137. The van der Waals surface area contributed by atoms with Gasteiger partial charge in [0.15, 0.2) is 0 Å². The molecule has 0 saturated carbocycles. The van der Waals surface area contributed by atoms with Crippen LogP contribution in [-0.4, -0.2) is 62.8 Å². The van der Waals surface area contributed by atoms with Crippen LogP contribution in [0.3, 0.4) is 0 Å². The van der Waals surface area contributed by atoms with E-state index >= 15 is 0 Å². The van der Waals surface area contributed by atoms with E-state index in [1.807, 2.05) is 11.8 Å². The molecule has 140 valence electrons. The highest BCUT2D eigenvalue weighted by Gasteiger charge is 2.35. The highest BCUT2D eigenvalue weighted by molar-refractivity contribution is 7.89. The van der Waals surface area contributed by atoms with Crippen LogP contribution in [0.5, 0.6) is 0 Å². The molecule has 2 fully saturated rings. The smallest absolute Gasteiger partial charge is 0.243 e. The summed E-state index contributed by atoms with van der Waals surface area (Å²) in [6.45, 7) is 5.74. The van der Waals surface area contributed by atoms with Gasteiger partial charge in [0.25, 0.3) is 0 Å². The lowest BCUT2D eigenvalue weighted by Gasteiger charge is -2.35. The Morgan fingerprint density at radius 1 is 1.12 bits per heavy atom. The Balaban J connectivity index is 0.00000225. The fraction of sp³-hybridized carbons (Fsp3) is 0.588. The van der Waals surface area contributed by atoms with E-state index in [0.717, 1.165) is 31.5 Å². The maximum atomic E-state index is 12.8. The highest BCUT2D eigenvalue weighted by atomic mass is 35.5. The van der Waals surface area contributed by atoms with E-state index in [4.69, 9.17) is 0 Å². The summed E-state index contributed by atoms with van der Waals surface area (Å²) in [5, 5.41) is 3.23. The molecule has 0 aromatic heterocycles. The number of hydrogen-bond acceptors (Lipinski definition) is 4. The molecule has 1 aromatic rings. The van der Waals surface area contributed by atoms with Gasteiger partial charge in [0.05, 0.1) is 10.8 Å². The van der Waals surface area contributed by atoms with Crippen molar-refractivity contribution in [3.8, 4) is 0 Å². The van der Waals surface area contributed by atoms with E-state index < -0.39 is 10.0 Å². The minimum absolute atomic E-state index is 0. The first-order chi connectivity index (χ1) is 11.5. The number of sulfonamides is 1. The van der Waals surface area contributed by atoms with Crippen molar-refractivity contribution in [2.45, 2.75) is 24.7 Å². The summed E-state index contributed by atoms with van der Waals surface area (Å²) in [5.41, 5.74) is 1.03. The molecule has 2 aliphatic heterocycles. The number of piperidine rings is 1. The Hall–Kier alpha value is -1.15. The average molecular weight is 388 g/mol. The third-order valence-electron chi connectivity index (χ3n) is 4.82. The number of halogens is 1. The van der Waals surface area contributed by atoms with Gasteiger partial charge in [-0.2, -0.15) is 4.31 Å². The maximum absolute atomic E-state index is 12.8. The fourth-order valence-electron chi connectivity index (χ4n) is 3.37. The number of hydrogen-bond donors (Lipinski definition) is 1. The Labute approximate surface area is 156 Å². The van der Waals surface area contributed by atoms with Crippen molar-refractivity contribution in [1.29, 1.82) is 0 Å². The van der Waals surface area contributed by atoms with Gasteiger partial charge in [-0.1, -0.05) is 17.7 Å². The molecule has 3 rings (SSSR count). The number of amides is 1. The molecule has 6 nitrogen and oxygen atoms in total. The third-order valence-corrected chi connectivity index (χ3v) is 6.70. The maximum Gasteiger partial charge on any atom is 0.243 e. The van der Waals surface area contributed by atoms with E-state index in [1.54, 1.807) is 24.3 Å². The monoisotopic (exact) mass is 387 g/mol. The summed E-state index contributed by atoms with van der Waals surface area (Å²) in [5.74, 6) is -0.127. The quantitative estimate of drug-likeness (QED) is 0.847. The van der Waals surface area contributed by atoms with E-state index in [2.05, 4.69) is 5.32 Å². The lowest BCUT2D eigenvalue weighted by Crippen LogP contribution is -2.51. The second-order valence-electron chi connectivity index (χ2n) is 6.59. The Morgan fingerprint density at radius 2 is 1.76 bits per heavy atom. The number of benzene rings is 1. The van der Waals surface area contributed by atoms with Crippen LogP contribution in [0.4, 0.5) is 0 Å². The van der Waals surface area contributed by atoms with Gasteiger partial charge < -0.3 is 10.2 Å². The molecule has 1 N–H and O–H groups in total. The molecular weight excluding hydrogens is 362 g/mol. The molecular formula is C17H26ClN3O3S. The van der Waals surface area contributed by atoms with Crippen molar-refractivity contribution < 1.29 is 13.2 Å².